The number of carbonyl (C=O) groups excluding carboxylic acids is 2. The maximum atomic E-state index is 12.9. The van der Waals surface area contributed by atoms with Gasteiger partial charge >= 0.3 is 5.97 Å². The Balaban J connectivity index is 1.38. The summed E-state index contributed by atoms with van der Waals surface area (Å²) in [7, 11) is -0.800. The van der Waals surface area contributed by atoms with E-state index < -0.39 is 39.8 Å². The zero-order valence-electron chi connectivity index (χ0n) is 24.4. The number of phenolic OH excluding ortho intramolecular Hbond substituents is 1. The average molecular weight is 632 g/mol. The van der Waals surface area contributed by atoms with E-state index >= 15 is 0 Å². The molecule has 1 amide bonds. The number of hydrogen-bond donors (Lipinski definition) is 2. The summed E-state index contributed by atoms with van der Waals surface area (Å²) in [6.07, 6.45) is 1.46. The molecule has 0 saturated carbocycles. The molecule has 2 N–H and O–H groups in total. The maximum absolute atomic E-state index is 12.9. The fourth-order valence-electron chi connectivity index (χ4n) is 4.89. The summed E-state index contributed by atoms with van der Waals surface area (Å²) in [4.78, 5) is 25.5. The van der Waals surface area contributed by atoms with Gasteiger partial charge in [-0.2, -0.15) is 9.57 Å². The molecular formula is C32H29N3O9S. The van der Waals surface area contributed by atoms with Gasteiger partial charge in [-0.25, -0.2) is 13.2 Å². The first-order valence-corrected chi connectivity index (χ1v) is 15.3. The molecular weight excluding hydrogens is 602 g/mol. The molecule has 0 spiro atoms. The van der Waals surface area contributed by atoms with E-state index in [1.165, 1.54) is 24.6 Å². The quantitative estimate of drug-likeness (QED) is 0.232. The van der Waals surface area contributed by atoms with E-state index in [0.29, 0.717) is 47.0 Å². The van der Waals surface area contributed by atoms with Gasteiger partial charge in [0.1, 0.15) is 40.2 Å². The molecule has 0 radical (unpaired) electrons. The highest BCUT2D eigenvalue weighted by molar-refractivity contribution is 7.89. The first kappa shape index (κ1) is 31.1. The lowest BCUT2D eigenvalue weighted by Crippen LogP contribution is -2.28. The topological polar surface area (TPSA) is 168 Å². The molecule has 4 aromatic rings. The number of hydrogen-bond acceptors (Lipinski definition) is 10. The predicted octanol–water partition coefficient (Wildman–Crippen LogP) is 4.79. The number of amides is 1. The molecule has 1 saturated heterocycles. The van der Waals surface area contributed by atoms with Crippen molar-refractivity contribution in [2.24, 2.45) is 0 Å². The molecule has 0 atom stereocenters. The van der Waals surface area contributed by atoms with Gasteiger partial charge in [-0.3, -0.25) is 10.1 Å². The summed E-state index contributed by atoms with van der Waals surface area (Å²) in [5.74, 6) is -1.11. The number of esters is 1. The average Bonchev–Trinajstić information content (AvgIpc) is 3.73. The second-order valence-electron chi connectivity index (χ2n) is 9.99. The summed E-state index contributed by atoms with van der Waals surface area (Å²) in [6.45, 7) is -0.0926. The summed E-state index contributed by atoms with van der Waals surface area (Å²) in [6, 6.07) is 19.3. The highest BCUT2D eigenvalue weighted by Gasteiger charge is 2.29. The summed E-state index contributed by atoms with van der Waals surface area (Å²) in [5.41, 5.74) is 1.25. The van der Waals surface area contributed by atoms with E-state index in [1.54, 1.807) is 48.5 Å². The number of nitriles is 1. The van der Waals surface area contributed by atoms with Crippen LogP contribution in [0.5, 0.6) is 17.2 Å². The van der Waals surface area contributed by atoms with Crippen molar-refractivity contribution in [1.82, 2.24) is 4.31 Å². The minimum absolute atomic E-state index is 0.0307. The van der Waals surface area contributed by atoms with E-state index in [-0.39, 0.29) is 16.3 Å². The third-order valence-corrected chi connectivity index (χ3v) is 9.12. The largest absolute Gasteiger partial charge is 0.507 e. The van der Waals surface area contributed by atoms with Crippen molar-refractivity contribution < 1.29 is 41.7 Å². The van der Waals surface area contributed by atoms with Gasteiger partial charge < -0.3 is 23.7 Å². The third kappa shape index (κ3) is 6.47. The first-order chi connectivity index (χ1) is 21.7. The normalized spacial score (nSPS) is 13.2. The maximum Gasteiger partial charge on any atom is 0.342 e. The number of nitrogens with zero attached hydrogens (tertiary/aromatic N) is 2. The molecule has 1 aliphatic heterocycles. The van der Waals surface area contributed by atoms with Crippen LogP contribution in [-0.2, 0) is 19.6 Å². The summed E-state index contributed by atoms with van der Waals surface area (Å²) >= 11 is 0. The Morgan fingerprint density at radius 1 is 0.956 bits per heavy atom. The number of benzene rings is 3. The Labute approximate surface area is 259 Å². The van der Waals surface area contributed by atoms with Gasteiger partial charge in [0, 0.05) is 24.2 Å². The van der Waals surface area contributed by atoms with Crippen molar-refractivity contribution in [1.29, 1.82) is 5.26 Å². The van der Waals surface area contributed by atoms with Gasteiger partial charge in [-0.15, -0.1) is 0 Å². The zero-order chi connectivity index (χ0) is 32.1. The first-order valence-electron chi connectivity index (χ1n) is 13.8. The Hall–Kier alpha value is -5.32. The minimum Gasteiger partial charge on any atom is -0.507 e. The van der Waals surface area contributed by atoms with E-state index in [0.717, 1.165) is 25.0 Å². The molecule has 1 aromatic heterocycles. The second-order valence-corrected chi connectivity index (χ2v) is 11.9. The van der Waals surface area contributed by atoms with Crippen LogP contribution in [0.3, 0.4) is 0 Å². The van der Waals surface area contributed by atoms with Crippen molar-refractivity contribution in [3.63, 3.8) is 0 Å². The smallest absolute Gasteiger partial charge is 0.342 e. The molecule has 232 valence electrons. The lowest BCUT2D eigenvalue weighted by atomic mass is 9.98. The van der Waals surface area contributed by atoms with Crippen LogP contribution in [-0.4, -0.2) is 63.6 Å². The fourth-order valence-corrected chi connectivity index (χ4v) is 6.44. The molecule has 45 heavy (non-hydrogen) atoms. The molecule has 12 nitrogen and oxygen atoms in total. The van der Waals surface area contributed by atoms with Crippen molar-refractivity contribution in [2.75, 3.05) is 39.2 Å². The predicted molar refractivity (Wildman–Crippen MR) is 162 cm³/mol. The number of phenols is 1. The van der Waals surface area contributed by atoms with Crippen molar-refractivity contribution in [3.8, 4) is 45.8 Å². The van der Waals surface area contributed by atoms with Gasteiger partial charge in [-0.05, 0) is 73.0 Å². The second kappa shape index (κ2) is 13.1. The van der Waals surface area contributed by atoms with Gasteiger partial charge in [-0.1, -0.05) is 12.1 Å². The van der Waals surface area contributed by atoms with Crippen molar-refractivity contribution in [2.45, 2.75) is 17.7 Å². The van der Waals surface area contributed by atoms with Crippen LogP contribution in [0, 0.1) is 11.3 Å². The molecule has 0 aliphatic carbocycles. The molecule has 1 fully saturated rings. The molecule has 5 rings (SSSR count). The minimum atomic E-state index is -3.87. The highest BCUT2D eigenvalue weighted by atomic mass is 32.2. The number of rotatable bonds is 10. The Bertz CT molecular complexity index is 1870. The molecule has 0 bridgehead atoms. The summed E-state index contributed by atoms with van der Waals surface area (Å²) < 4.78 is 48.7. The van der Waals surface area contributed by atoms with Gasteiger partial charge in [0.2, 0.25) is 15.9 Å². The number of sulfonamides is 1. The van der Waals surface area contributed by atoms with E-state index in [2.05, 4.69) is 11.4 Å². The van der Waals surface area contributed by atoms with Crippen molar-refractivity contribution >= 4 is 27.8 Å². The van der Waals surface area contributed by atoms with Crippen LogP contribution in [0.25, 0.3) is 22.5 Å². The number of methoxy groups -OCH3 is 2. The molecule has 3 aromatic carbocycles. The van der Waals surface area contributed by atoms with E-state index in [4.69, 9.17) is 18.6 Å². The van der Waals surface area contributed by atoms with Crippen LogP contribution >= 0.6 is 0 Å². The Morgan fingerprint density at radius 3 is 2.13 bits per heavy atom. The summed E-state index contributed by atoms with van der Waals surface area (Å²) in [5, 5.41) is 22.8. The van der Waals surface area contributed by atoms with Crippen LogP contribution in [0.4, 0.5) is 5.88 Å². The van der Waals surface area contributed by atoms with Crippen molar-refractivity contribution in [3.05, 3.63) is 77.9 Å². The lowest BCUT2D eigenvalue weighted by molar-refractivity contribution is -0.119. The standard InChI is InChI=1S/C32H29N3O9S/c1-41-22-9-5-20(6-10-22)29-26(18-33)31(44-30(29)21-7-11-23(42-2)12-8-21)34-28(37)19-43-32(38)25-17-24(13-14-27(25)36)45(39,40)35-15-3-4-16-35/h5-14,17,36H,3-4,15-16,19H2,1-2H3,(H,34,37). The number of anilines is 1. The Morgan fingerprint density at radius 2 is 1.56 bits per heavy atom. The number of carbonyl (C=O) groups is 2. The third-order valence-electron chi connectivity index (χ3n) is 7.23. The highest BCUT2D eigenvalue weighted by Crippen LogP contribution is 2.42. The van der Waals surface area contributed by atoms with Gasteiger partial charge in [0.25, 0.3) is 5.91 Å². The SMILES string of the molecule is COc1ccc(-c2oc(NC(=O)COC(=O)c3cc(S(=O)(=O)N4CCCC4)ccc3O)c(C#N)c2-c2ccc(OC)cc2)cc1. The van der Waals surface area contributed by atoms with Crippen LogP contribution in [0.2, 0.25) is 0 Å². The molecule has 1 aliphatic rings. The Kier molecular flexibility index (Phi) is 9.08. The number of aromatic hydroxyl groups is 1. The monoisotopic (exact) mass is 631 g/mol. The number of ether oxygens (including phenoxy) is 3. The number of furan rings is 1. The van der Waals surface area contributed by atoms with Gasteiger partial charge in [0.05, 0.1) is 19.1 Å². The van der Waals surface area contributed by atoms with Gasteiger partial charge in [0.15, 0.2) is 6.61 Å². The molecule has 13 heteroatoms. The van der Waals surface area contributed by atoms with E-state index in [1.807, 2.05) is 0 Å². The number of nitrogens with one attached hydrogen (secondary N) is 1. The van der Waals surface area contributed by atoms with Crippen LogP contribution in [0.15, 0.2) is 76.0 Å². The lowest BCUT2D eigenvalue weighted by Gasteiger charge is -2.16. The molecule has 0 unspecified atom stereocenters. The van der Waals surface area contributed by atoms with Crippen LogP contribution < -0.4 is 14.8 Å². The fraction of sp³-hybridized carbons (Fsp3) is 0.219. The van der Waals surface area contributed by atoms with Crippen LogP contribution in [0.1, 0.15) is 28.8 Å². The zero-order valence-corrected chi connectivity index (χ0v) is 25.2. The molecule has 2 heterocycles. The van der Waals surface area contributed by atoms with E-state index in [9.17, 15) is 28.4 Å².